The van der Waals surface area contributed by atoms with E-state index in [0.717, 1.165) is 0 Å². The minimum atomic E-state index is -2.91. The van der Waals surface area contributed by atoms with Crippen LogP contribution in [0.2, 0.25) is 0 Å². The zero-order valence-electron chi connectivity index (χ0n) is 19.6. The van der Waals surface area contributed by atoms with Crippen molar-refractivity contribution in [2.75, 3.05) is 14.1 Å². The SMILES string of the molecule is CN(C)[C@H]1C(=O)C(C(N)=O)=C(O)[C@]2(O)C(=O)C3=C(O)c4c(O)cccc4C[C@@H]3[C@@H](OC(=O)C3CC3)[C@H]12. The summed E-state index contributed by atoms with van der Waals surface area (Å²) in [6, 6.07) is 3.13. The number of esters is 1. The van der Waals surface area contributed by atoms with Crippen LogP contribution in [0.15, 0.2) is 35.1 Å². The first-order valence-electron chi connectivity index (χ1n) is 11.6. The first-order chi connectivity index (χ1) is 16.9. The number of amides is 1. The molecule has 5 rings (SSSR count). The number of rotatable bonds is 4. The van der Waals surface area contributed by atoms with Crippen molar-refractivity contribution in [1.82, 2.24) is 4.90 Å². The molecule has 5 atom stereocenters. The Labute approximate surface area is 205 Å². The van der Waals surface area contributed by atoms with E-state index in [-0.39, 0.29) is 29.2 Å². The number of likely N-dealkylation sites (N-methyl/N-ethyl adjacent to an activating group) is 1. The Balaban J connectivity index is 1.80. The first-order valence-corrected chi connectivity index (χ1v) is 11.6. The summed E-state index contributed by atoms with van der Waals surface area (Å²) in [5, 5.41) is 44.4. The number of carbonyl (C=O) groups excluding carboxylic acids is 4. The number of carbonyl (C=O) groups is 4. The van der Waals surface area contributed by atoms with Crippen molar-refractivity contribution >= 4 is 29.2 Å². The number of aliphatic hydroxyl groups excluding tert-OH is 2. The van der Waals surface area contributed by atoms with Crippen LogP contribution < -0.4 is 5.73 Å². The van der Waals surface area contributed by atoms with Crippen LogP contribution in [0, 0.1) is 17.8 Å². The van der Waals surface area contributed by atoms with Crippen LogP contribution in [0.4, 0.5) is 0 Å². The Morgan fingerprint density at radius 1 is 1.14 bits per heavy atom. The molecule has 0 radical (unpaired) electrons. The van der Waals surface area contributed by atoms with Gasteiger partial charge in [0.2, 0.25) is 5.78 Å². The number of ether oxygens (including phenoxy) is 1. The molecule has 0 spiro atoms. The van der Waals surface area contributed by atoms with Gasteiger partial charge in [0.15, 0.2) is 11.4 Å². The molecule has 0 unspecified atom stereocenters. The van der Waals surface area contributed by atoms with Gasteiger partial charge in [-0.2, -0.15) is 0 Å². The Morgan fingerprint density at radius 3 is 2.39 bits per heavy atom. The van der Waals surface area contributed by atoms with E-state index in [1.165, 1.54) is 25.1 Å². The van der Waals surface area contributed by atoms with Crippen LogP contribution in [-0.2, 0) is 30.3 Å². The maximum absolute atomic E-state index is 13.9. The fourth-order valence-corrected chi connectivity index (χ4v) is 5.87. The molecule has 4 aliphatic rings. The average Bonchev–Trinajstić information content (AvgIpc) is 3.63. The molecule has 0 aromatic heterocycles. The standard InChI is InChI=1S/C25H26N2O9/c1-27(2)17-16-20(36-24(34)9-6-7-9)11-8-10-4-3-5-12(28)13(10)18(29)14(11)21(31)25(16,35)22(32)15(19(17)30)23(26)33/h3-5,9,11,16-17,20,28-29,32,35H,6-8H2,1-2H3,(H2,26,33)/t11-,16-,17+,20+,25+/m0/s1. The van der Waals surface area contributed by atoms with Gasteiger partial charge in [0.05, 0.1) is 23.4 Å². The maximum atomic E-state index is 13.9. The Bertz CT molecular complexity index is 1290. The normalized spacial score (nSPS) is 31.7. The van der Waals surface area contributed by atoms with Gasteiger partial charge >= 0.3 is 5.97 Å². The van der Waals surface area contributed by atoms with Crippen molar-refractivity contribution < 1.29 is 44.3 Å². The van der Waals surface area contributed by atoms with Gasteiger partial charge in [-0.25, -0.2) is 0 Å². The molecule has 2 fully saturated rings. The lowest BCUT2D eigenvalue weighted by molar-refractivity contribution is -0.185. The summed E-state index contributed by atoms with van der Waals surface area (Å²) in [5.74, 6) is -9.13. The number of benzene rings is 1. The lowest BCUT2D eigenvalue weighted by atomic mass is 9.56. The number of primary amides is 1. The van der Waals surface area contributed by atoms with E-state index in [0.29, 0.717) is 18.4 Å². The summed E-state index contributed by atoms with van der Waals surface area (Å²) >= 11 is 0. The van der Waals surface area contributed by atoms with Crippen LogP contribution in [0.25, 0.3) is 5.76 Å². The number of hydrogen-bond donors (Lipinski definition) is 5. The van der Waals surface area contributed by atoms with Crippen LogP contribution >= 0.6 is 0 Å². The lowest BCUT2D eigenvalue weighted by Gasteiger charge is -2.53. The van der Waals surface area contributed by atoms with E-state index < -0.39 is 70.1 Å². The molecule has 0 heterocycles. The molecule has 1 aromatic rings. The molecular formula is C25H26N2O9. The number of phenols is 1. The van der Waals surface area contributed by atoms with E-state index in [9.17, 15) is 39.6 Å². The van der Waals surface area contributed by atoms with E-state index in [1.807, 2.05) is 0 Å². The van der Waals surface area contributed by atoms with Gasteiger partial charge in [-0.1, -0.05) is 12.1 Å². The number of phenolic OH excluding ortho intramolecular Hbond substituents is 1. The molecule has 0 bridgehead atoms. The number of nitrogens with two attached hydrogens (primary N) is 1. The molecular weight excluding hydrogens is 472 g/mol. The minimum Gasteiger partial charge on any atom is -0.508 e. The van der Waals surface area contributed by atoms with E-state index in [1.54, 1.807) is 12.1 Å². The fourth-order valence-electron chi connectivity index (χ4n) is 5.87. The number of aromatic hydroxyl groups is 1. The summed E-state index contributed by atoms with van der Waals surface area (Å²) in [6.45, 7) is 0. The van der Waals surface area contributed by atoms with Crippen molar-refractivity contribution in [3.8, 4) is 5.75 Å². The Hall–Kier alpha value is -3.70. The minimum absolute atomic E-state index is 0.0268. The molecule has 36 heavy (non-hydrogen) atoms. The van der Waals surface area contributed by atoms with Crippen molar-refractivity contribution in [1.29, 1.82) is 0 Å². The molecule has 2 saturated carbocycles. The number of nitrogens with zero attached hydrogens (tertiary/aromatic N) is 1. The highest BCUT2D eigenvalue weighted by Crippen LogP contribution is 2.54. The summed E-state index contributed by atoms with van der Waals surface area (Å²) in [5.41, 5.74) is 1.55. The average molecular weight is 498 g/mol. The third-order valence-corrected chi connectivity index (χ3v) is 7.67. The summed E-state index contributed by atoms with van der Waals surface area (Å²) in [6.07, 6.45) is -0.115. The Morgan fingerprint density at radius 2 is 1.81 bits per heavy atom. The van der Waals surface area contributed by atoms with Crippen LogP contribution in [0.1, 0.15) is 24.0 Å². The van der Waals surface area contributed by atoms with Gasteiger partial charge in [-0.15, -0.1) is 0 Å². The van der Waals surface area contributed by atoms with Crippen molar-refractivity contribution in [3.63, 3.8) is 0 Å². The maximum Gasteiger partial charge on any atom is 0.309 e. The molecule has 11 nitrogen and oxygen atoms in total. The van der Waals surface area contributed by atoms with E-state index in [2.05, 4.69) is 0 Å². The highest BCUT2D eigenvalue weighted by molar-refractivity contribution is 6.24. The summed E-state index contributed by atoms with van der Waals surface area (Å²) < 4.78 is 5.85. The van der Waals surface area contributed by atoms with Crippen molar-refractivity contribution in [2.24, 2.45) is 23.5 Å². The molecule has 1 amide bonds. The molecule has 1 aromatic carbocycles. The monoisotopic (exact) mass is 498 g/mol. The highest BCUT2D eigenvalue weighted by atomic mass is 16.5. The number of fused-ring (bicyclic) bond motifs is 3. The Kier molecular flexibility index (Phi) is 5.27. The smallest absolute Gasteiger partial charge is 0.309 e. The zero-order valence-corrected chi connectivity index (χ0v) is 19.6. The van der Waals surface area contributed by atoms with Crippen LogP contribution in [0.3, 0.4) is 0 Å². The van der Waals surface area contributed by atoms with Gasteiger partial charge < -0.3 is 30.9 Å². The topological polar surface area (TPSA) is 188 Å². The quantitative estimate of drug-likeness (QED) is 0.277. The van der Waals surface area contributed by atoms with Crippen molar-refractivity contribution in [3.05, 3.63) is 46.2 Å². The molecule has 190 valence electrons. The fraction of sp³-hybridized carbons (Fsp3) is 0.440. The van der Waals surface area contributed by atoms with Crippen LogP contribution in [-0.4, -0.2) is 80.6 Å². The molecule has 6 N–H and O–H groups in total. The van der Waals surface area contributed by atoms with Gasteiger partial charge in [-0.3, -0.25) is 24.1 Å². The lowest BCUT2D eigenvalue weighted by Crippen LogP contribution is -2.70. The second-order valence-electron chi connectivity index (χ2n) is 10.0. The predicted molar refractivity (Wildman–Crippen MR) is 122 cm³/mol. The van der Waals surface area contributed by atoms with Crippen LogP contribution in [0.5, 0.6) is 5.75 Å². The molecule has 0 aliphatic heterocycles. The second-order valence-corrected chi connectivity index (χ2v) is 10.0. The number of Topliss-reactive ketones (excluding diaryl/α,β-unsaturated/α-hetero) is 2. The van der Waals surface area contributed by atoms with E-state index >= 15 is 0 Å². The molecule has 4 aliphatic carbocycles. The van der Waals surface area contributed by atoms with E-state index in [4.69, 9.17) is 10.5 Å². The zero-order chi connectivity index (χ0) is 26.3. The number of ketones is 2. The largest absolute Gasteiger partial charge is 0.508 e. The highest BCUT2D eigenvalue weighted by Gasteiger charge is 2.69. The summed E-state index contributed by atoms with van der Waals surface area (Å²) in [4.78, 5) is 53.6. The molecule has 11 heteroatoms. The number of hydrogen-bond acceptors (Lipinski definition) is 10. The third kappa shape index (κ3) is 3.12. The van der Waals surface area contributed by atoms with Crippen molar-refractivity contribution in [2.45, 2.75) is 37.0 Å². The number of aliphatic hydroxyl groups is 3. The molecule has 0 saturated heterocycles. The summed E-state index contributed by atoms with van der Waals surface area (Å²) in [7, 11) is 2.95. The predicted octanol–water partition coefficient (Wildman–Crippen LogP) is -0.104. The van der Waals surface area contributed by atoms with Gasteiger partial charge in [0, 0.05) is 11.5 Å². The van der Waals surface area contributed by atoms with Gasteiger partial charge in [-0.05, 0) is 45.0 Å². The second kappa shape index (κ2) is 7.90. The first kappa shape index (κ1) is 24.0. The van der Waals surface area contributed by atoms with Gasteiger partial charge in [0.25, 0.3) is 5.91 Å². The third-order valence-electron chi connectivity index (χ3n) is 7.67. The van der Waals surface area contributed by atoms with Gasteiger partial charge in [0.1, 0.15) is 28.9 Å².